The van der Waals surface area contributed by atoms with E-state index in [9.17, 15) is 0 Å². The number of benzene rings is 2. The first-order chi connectivity index (χ1) is 16.5. The Morgan fingerprint density at radius 1 is 0.824 bits per heavy atom. The number of allylic oxidation sites excluding steroid dienone is 1. The molecular weight excluding hydrogens is 440 g/mol. The highest BCUT2D eigenvalue weighted by molar-refractivity contribution is 6.35. The van der Waals surface area contributed by atoms with E-state index in [4.69, 9.17) is 16.6 Å². The fraction of sp³-hybridized carbons (Fsp3) is 0.345. The molecule has 2 aromatic carbocycles. The Morgan fingerprint density at radius 3 is 2.18 bits per heavy atom. The first-order valence-corrected chi connectivity index (χ1v) is 12.7. The molecule has 176 valence electrons. The second kappa shape index (κ2) is 9.71. The van der Waals surface area contributed by atoms with E-state index in [1.165, 1.54) is 24.9 Å². The normalized spacial score (nSPS) is 16.7. The Balaban J connectivity index is 1.38. The van der Waals surface area contributed by atoms with Gasteiger partial charge in [-0.1, -0.05) is 49.0 Å². The Bertz CT molecular complexity index is 1200. The molecule has 5 rings (SSSR count). The Kier molecular flexibility index (Phi) is 6.51. The molecule has 4 nitrogen and oxygen atoms in total. The van der Waals surface area contributed by atoms with Gasteiger partial charge in [-0.15, -0.1) is 0 Å². The van der Waals surface area contributed by atoms with Gasteiger partial charge in [-0.25, -0.2) is 4.98 Å². The summed E-state index contributed by atoms with van der Waals surface area (Å²) in [7, 11) is 0. The summed E-state index contributed by atoms with van der Waals surface area (Å²) in [5, 5.41) is 1.70. The highest BCUT2D eigenvalue weighted by Crippen LogP contribution is 2.32. The molecular formula is C29H33ClN4. The lowest BCUT2D eigenvalue weighted by molar-refractivity contribution is 0.215. The zero-order chi connectivity index (χ0) is 23.7. The van der Waals surface area contributed by atoms with Crippen LogP contribution in [0.4, 0.5) is 5.69 Å². The van der Waals surface area contributed by atoms with Gasteiger partial charge < -0.3 is 14.7 Å². The van der Waals surface area contributed by atoms with Gasteiger partial charge in [-0.3, -0.25) is 0 Å². The first-order valence-electron chi connectivity index (χ1n) is 12.3. The molecule has 2 aliphatic rings. The monoisotopic (exact) mass is 472 g/mol. The van der Waals surface area contributed by atoms with Gasteiger partial charge in [0.2, 0.25) is 0 Å². The molecule has 2 fully saturated rings. The van der Waals surface area contributed by atoms with E-state index < -0.39 is 0 Å². The van der Waals surface area contributed by atoms with Crippen LogP contribution in [0, 0.1) is 0 Å². The topological polar surface area (TPSA) is 22.6 Å². The lowest BCUT2D eigenvalue weighted by Gasteiger charge is -2.38. The third-order valence-electron chi connectivity index (χ3n) is 7.18. The van der Waals surface area contributed by atoms with Gasteiger partial charge in [0.1, 0.15) is 0 Å². The molecule has 5 heteroatoms. The van der Waals surface area contributed by atoms with Crippen molar-refractivity contribution in [2.24, 2.45) is 0 Å². The van der Waals surface area contributed by atoms with Crippen molar-refractivity contribution in [1.82, 2.24) is 14.8 Å². The van der Waals surface area contributed by atoms with Crippen LogP contribution in [0.5, 0.6) is 0 Å². The maximum absolute atomic E-state index is 6.70. The zero-order valence-electron chi connectivity index (χ0n) is 20.1. The number of aromatic nitrogens is 1. The van der Waals surface area contributed by atoms with Crippen molar-refractivity contribution in [1.29, 1.82) is 0 Å². The van der Waals surface area contributed by atoms with Crippen LogP contribution in [0.25, 0.3) is 27.9 Å². The predicted octanol–water partition coefficient (Wildman–Crippen LogP) is 6.67. The van der Waals surface area contributed by atoms with Gasteiger partial charge in [0.05, 0.1) is 16.2 Å². The smallest absolute Gasteiger partial charge is 0.0731 e. The average molecular weight is 473 g/mol. The third-order valence-corrected chi connectivity index (χ3v) is 7.49. The van der Waals surface area contributed by atoms with Crippen molar-refractivity contribution < 1.29 is 0 Å². The van der Waals surface area contributed by atoms with Gasteiger partial charge >= 0.3 is 0 Å². The number of hydrogen-bond donors (Lipinski definition) is 0. The molecule has 0 atom stereocenters. The molecule has 0 saturated carbocycles. The van der Waals surface area contributed by atoms with Crippen molar-refractivity contribution in [3.8, 4) is 11.3 Å². The molecule has 3 aromatic rings. The third kappa shape index (κ3) is 4.65. The van der Waals surface area contributed by atoms with Crippen LogP contribution in [0.1, 0.15) is 31.7 Å². The molecule has 0 bridgehead atoms. The SMILES string of the molecule is C=C(C)N1CCN(C(=C)c2ccc3c(Cl)cc(-c4ccc(N5CCCCC5)cc4)nc3c2)CC1. The maximum atomic E-state index is 6.70. The van der Waals surface area contributed by atoms with E-state index in [2.05, 4.69) is 77.2 Å². The average Bonchev–Trinajstić information content (AvgIpc) is 2.88. The number of piperidine rings is 1. The van der Waals surface area contributed by atoms with Crippen LogP contribution < -0.4 is 4.90 Å². The van der Waals surface area contributed by atoms with Gasteiger partial charge in [0, 0.05) is 67.3 Å². The Morgan fingerprint density at radius 2 is 1.50 bits per heavy atom. The zero-order valence-corrected chi connectivity index (χ0v) is 20.8. The van der Waals surface area contributed by atoms with Gasteiger partial charge in [0.15, 0.2) is 0 Å². The van der Waals surface area contributed by atoms with Crippen molar-refractivity contribution in [3.05, 3.63) is 78.0 Å². The number of fused-ring (bicyclic) bond motifs is 1. The first kappa shape index (κ1) is 22.8. The quantitative estimate of drug-likeness (QED) is 0.413. The van der Waals surface area contributed by atoms with Gasteiger partial charge in [-0.05, 0) is 56.0 Å². The van der Waals surface area contributed by atoms with E-state index in [-0.39, 0.29) is 0 Å². The number of pyridine rings is 1. The van der Waals surface area contributed by atoms with Crippen molar-refractivity contribution in [3.63, 3.8) is 0 Å². The summed E-state index contributed by atoms with van der Waals surface area (Å²) in [6, 6.07) is 17.0. The summed E-state index contributed by atoms with van der Waals surface area (Å²) in [4.78, 5) is 12.1. The molecule has 0 radical (unpaired) electrons. The fourth-order valence-electron chi connectivity index (χ4n) is 5.05. The highest BCUT2D eigenvalue weighted by atomic mass is 35.5. The summed E-state index contributed by atoms with van der Waals surface area (Å²) in [6.07, 6.45) is 3.90. The van der Waals surface area contributed by atoms with Crippen molar-refractivity contribution >= 4 is 33.9 Å². The molecule has 0 aliphatic carbocycles. The number of halogens is 1. The summed E-state index contributed by atoms with van der Waals surface area (Å²) in [5.74, 6) is 0. The predicted molar refractivity (Wildman–Crippen MR) is 145 cm³/mol. The highest BCUT2D eigenvalue weighted by Gasteiger charge is 2.19. The van der Waals surface area contributed by atoms with Crippen LogP contribution in [0.2, 0.25) is 5.02 Å². The number of hydrogen-bond acceptors (Lipinski definition) is 4. The molecule has 2 aliphatic heterocycles. The lowest BCUT2D eigenvalue weighted by atomic mass is 10.0. The van der Waals surface area contributed by atoms with Crippen LogP contribution in [0.15, 0.2) is 67.4 Å². The van der Waals surface area contributed by atoms with Crippen molar-refractivity contribution in [2.45, 2.75) is 26.2 Å². The van der Waals surface area contributed by atoms with Gasteiger partial charge in [-0.2, -0.15) is 0 Å². The number of nitrogens with zero attached hydrogens (tertiary/aromatic N) is 4. The number of piperazine rings is 1. The van der Waals surface area contributed by atoms with Gasteiger partial charge in [0.25, 0.3) is 0 Å². The van der Waals surface area contributed by atoms with Crippen LogP contribution in [-0.4, -0.2) is 54.1 Å². The van der Waals surface area contributed by atoms with E-state index >= 15 is 0 Å². The molecule has 3 heterocycles. The molecule has 0 unspecified atom stereocenters. The summed E-state index contributed by atoms with van der Waals surface area (Å²) in [5.41, 5.74) is 7.45. The molecule has 0 spiro atoms. The summed E-state index contributed by atoms with van der Waals surface area (Å²) >= 11 is 6.70. The van der Waals surface area contributed by atoms with E-state index in [1.807, 2.05) is 6.07 Å². The Labute approximate surface area is 208 Å². The molecule has 0 amide bonds. The second-order valence-corrected chi connectivity index (χ2v) is 9.88. The molecule has 0 N–H and O–H groups in total. The maximum Gasteiger partial charge on any atom is 0.0731 e. The van der Waals surface area contributed by atoms with Crippen molar-refractivity contribution in [2.75, 3.05) is 44.2 Å². The minimum Gasteiger partial charge on any atom is -0.372 e. The standard InChI is InChI=1S/C29H33ClN4/c1-21(2)32-15-17-33(18-16-32)22(3)24-9-12-26-27(30)20-28(31-29(26)19-24)23-7-10-25(11-8-23)34-13-5-4-6-14-34/h7-12,19-20H,1,3-6,13-18H2,2H3. The molecule has 34 heavy (non-hydrogen) atoms. The van der Waals surface area contributed by atoms with Crippen LogP contribution in [0.3, 0.4) is 0 Å². The van der Waals surface area contributed by atoms with Crippen LogP contribution >= 0.6 is 11.6 Å². The molecule has 1 aromatic heterocycles. The lowest BCUT2D eigenvalue weighted by Crippen LogP contribution is -2.44. The summed E-state index contributed by atoms with van der Waals surface area (Å²) in [6.45, 7) is 16.7. The second-order valence-electron chi connectivity index (χ2n) is 9.47. The number of anilines is 1. The number of rotatable bonds is 5. The molecule has 2 saturated heterocycles. The largest absolute Gasteiger partial charge is 0.372 e. The van der Waals surface area contributed by atoms with E-state index in [1.54, 1.807) is 0 Å². The minimum atomic E-state index is 0.729. The van der Waals surface area contributed by atoms with Crippen LogP contribution in [-0.2, 0) is 0 Å². The van der Waals surface area contributed by atoms with E-state index in [0.717, 1.165) is 83.4 Å². The Hall–Kier alpha value is -2.98. The fourth-order valence-corrected chi connectivity index (χ4v) is 5.31. The van der Waals surface area contributed by atoms with E-state index in [0.29, 0.717) is 0 Å². The minimum absolute atomic E-state index is 0.729. The summed E-state index contributed by atoms with van der Waals surface area (Å²) < 4.78 is 0.